The summed E-state index contributed by atoms with van der Waals surface area (Å²) in [7, 11) is 0. The van der Waals surface area contributed by atoms with E-state index in [0.717, 1.165) is 45.1 Å². The topological polar surface area (TPSA) is 50.4 Å². The van der Waals surface area contributed by atoms with Crippen LogP contribution < -0.4 is 10.6 Å². The molecule has 0 aromatic heterocycles. The highest BCUT2D eigenvalue weighted by molar-refractivity contribution is 5.78. The summed E-state index contributed by atoms with van der Waals surface area (Å²) in [5, 5.41) is 6.83. The molecule has 2 unspecified atom stereocenters. The number of hydrogen-bond donors (Lipinski definition) is 2. The molecule has 18 heavy (non-hydrogen) atoms. The van der Waals surface area contributed by atoms with E-state index in [9.17, 15) is 4.79 Å². The van der Waals surface area contributed by atoms with Crippen LogP contribution in [0, 0.1) is 11.8 Å². The first-order valence-electron chi connectivity index (χ1n) is 7.38. The predicted molar refractivity (Wildman–Crippen MR) is 69.2 cm³/mol. The van der Waals surface area contributed by atoms with Gasteiger partial charge in [-0.15, -0.1) is 0 Å². The molecule has 102 valence electrons. The van der Waals surface area contributed by atoms with Crippen molar-refractivity contribution in [1.29, 1.82) is 0 Å². The van der Waals surface area contributed by atoms with Gasteiger partial charge in [0.25, 0.3) is 0 Å². The average Bonchev–Trinajstić information content (AvgIpc) is 2.72. The molecule has 0 aromatic carbocycles. The Bertz CT molecular complexity index is 311. The Kier molecular flexibility index (Phi) is 3.57. The van der Waals surface area contributed by atoms with Gasteiger partial charge >= 0.3 is 0 Å². The highest BCUT2D eigenvalue weighted by Crippen LogP contribution is 2.37. The summed E-state index contributed by atoms with van der Waals surface area (Å²) >= 11 is 0. The fourth-order valence-electron chi connectivity index (χ4n) is 3.76. The molecule has 2 aliphatic heterocycles. The molecular weight excluding hydrogens is 228 g/mol. The van der Waals surface area contributed by atoms with Crippen molar-refractivity contribution in [2.24, 2.45) is 11.8 Å². The Morgan fingerprint density at radius 3 is 3.00 bits per heavy atom. The van der Waals surface area contributed by atoms with Crippen LogP contribution in [0.25, 0.3) is 0 Å². The highest BCUT2D eigenvalue weighted by atomic mass is 16.5. The third-order valence-electron chi connectivity index (χ3n) is 4.91. The first-order chi connectivity index (χ1) is 8.77. The van der Waals surface area contributed by atoms with Gasteiger partial charge in [0.15, 0.2) is 0 Å². The molecule has 3 aliphatic rings. The lowest BCUT2D eigenvalue weighted by Gasteiger charge is -2.34. The second kappa shape index (κ2) is 5.17. The SMILES string of the molecule is O=C(NCC12CCCC(CN1)C2)C1CCOCC1. The molecule has 3 fully saturated rings. The number of carbonyl (C=O) groups excluding carboxylic acids is 1. The van der Waals surface area contributed by atoms with E-state index in [0.29, 0.717) is 0 Å². The lowest BCUT2D eigenvalue weighted by atomic mass is 9.80. The largest absolute Gasteiger partial charge is 0.381 e. The quantitative estimate of drug-likeness (QED) is 0.789. The van der Waals surface area contributed by atoms with Gasteiger partial charge in [-0.3, -0.25) is 4.79 Å². The average molecular weight is 252 g/mol. The maximum atomic E-state index is 12.1. The van der Waals surface area contributed by atoms with Gasteiger partial charge in [-0.25, -0.2) is 0 Å². The smallest absolute Gasteiger partial charge is 0.223 e. The van der Waals surface area contributed by atoms with E-state index in [4.69, 9.17) is 4.74 Å². The van der Waals surface area contributed by atoms with Gasteiger partial charge in [-0.2, -0.15) is 0 Å². The van der Waals surface area contributed by atoms with Gasteiger partial charge in [0.05, 0.1) is 0 Å². The van der Waals surface area contributed by atoms with Crippen molar-refractivity contribution in [2.45, 2.75) is 44.1 Å². The van der Waals surface area contributed by atoms with Crippen LogP contribution in [0.5, 0.6) is 0 Å². The van der Waals surface area contributed by atoms with Crippen molar-refractivity contribution < 1.29 is 9.53 Å². The summed E-state index contributed by atoms with van der Waals surface area (Å²) in [5.74, 6) is 1.26. The summed E-state index contributed by atoms with van der Waals surface area (Å²) in [6, 6.07) is 0. The maximum Gasteiger partial charge on any atom is 0.223 e. The highest BCUT2D eigenvalue weighted by Gasteiger charge is 2.41. The number of nitrogens with one attached hydrogen (secondary N) is 2. The summed E-state index contributed by atoms with van der Waals surface area (Å²) in [5.41, 5.74) is 0.212. The lowest BCUT2D eigenvalue weighted by Crippen LogP contribution is -2.51. The molecule has 1 amide bonds. The molecule has 4 heteroatoms. The van der Waals surface area contributed by atoms with Crippen LogP contribution in [-0.2, 0) is 9.53 Å². The van der Waals surface area contributed by atoms with Crippen molar-refractivity contribution in [1.82, 2.24) is 10.6 Å². The lowest BCUT2D eigenvalue weighted by molar-refractivity contribution is -0.128. The standard InChI is InChI=1S/C14H24N2O2/c17-13(12-3-6-18-7-4-12)15-10-14-5-1-2-11(8-14)9-16-14/h11-12,16H,1-10H2,(H,15,17). The molecular formula is C14H24N2O2. The Morgan fingerprint density at radius 2 is 2.17 bits per heavy atom. The van der Waals surface area contributed by atoms with Crippen molar-refractivity contribution in [3.05, 3.63) is 0 Å². The number of ether oxygens (including phenoxy) is 1. The predicted octanol–water partition coefficient (Wildman–Crippen LogP) is 1.06. The monoisotopic (exact) mass is 252 g/mol. The van der Waals surface area contributed by atoms with Crippen LogP contribution in [0.4, 0.5) is 0 Å². The minimum absolute atomic E-state index is 0.177. The van der Waals surface area contributed by atoms with Crippen LogP contribution in [-0.4, -0.2) is 37.7 Å². The summed E-state index contributed by atoms with van der Waals surface area (Å²) < 4.78 is 5.30. The number of hydrogen-bond acceptors (Lipinski definition) is 3. The van der Waals surface area contributed by atoms with E-state index in [-0.39, 0.29) is 17.4 Å². The molecule has 2 saturated heterocycles. The van der Waals surface area contributed by atoms with E-state index < -0.39 is 0 Å². The van der Waals surface area contributed by atoms with E-state index in [1.807, 2.05) is 0 Å². The Hall–Kier alpha value is -0.610. The molecule has 3 rings (SSSR count). The maximum absolute atomic E-state index is 12.1. The zero-order chi connectivity index (χ0) is 12.4. The number of amides is 1. The van der Waals surface area contributed by atoms with Crippen molar-refractivity contribution >= 4 is 5.91 Å². The fourth-order valence-corrected chi connectivity index (χ4v) is 3.76. The van der Waals surface area contributed by atoms with Gasteiger partial charge in [0.1, 0.15) is 0 Å². The van der Waals surface area contributed by atoms with E-state index in [1.165, 1.54) is 25.7 Å². The molecule has 2 bridgehead atoms. The molecule has 1 saturated carbocycles. The summed E-state index contributed by atoms with van der Waals surface area (Å²) in [6.07, 6.45) is 6.91. The fraction of sp³-hybridized carbons (Fsp3) is 0.929. The molecule has 0 aromatic rings. The van der Waals surface area contributed by atoms with Crippen molar-refractivity contribution in [2.75, 3.05) is 26.3 Å². The van der Waals surface area contributed by atoms with Gasteiger partial charge in [0.2, 0.25) is 5.91 Å². The van der Waals surface area contributed by atoms with Gasteiger partial charge < -0.3 is 15.4 Å². The van der Waals surface area contributed by atoms with E-state index in [2.05, 4.69) is 10.6 Å². The van der Waals surface area contributed by atoms with Gasteiger partial charge in [-0.05, 0) is 44.6 Å². The first-order valence-corrected chi connectivity index (χ1v) is 7.38. The van der Waals surface area contributed by atoms with Gasteiger partial charge in [-0.1, -0.05) is 6.42 Å². The molecule has 2 atom stereocenters. The minimum Gasteiger partial charge on any atom is -0.381 e. The molecule has 4 nitrogen and oxygen atoms in total. The number of carbonyl (C=O) groups is 1. The zero-order valence-corrected chi connectivity index (χ0v) is 11.0. The van der Waals surface area contributed by atoms with Crippen molar-refractivity contribution in [3.8, 4) is 0 Å². The summed E-state index contributed by atoms with van der Waals surface area (Å²) in [6.45, 7) is 3.44. The number of rotatable bonds is 3. The van der Waals surface area contributed by atoms with Crippen molar-refractivity contribution in [3.63, 3.8) is 0 Å². The second-order valence-electron chi connectivity index (χ2n) is 6.23. The molecule has 2 heterocycles. The molecule has 0 spiro atoms. The zero-order valence-electron chi connectivity index (χ0n) is 11.0. The van der Waals surface area contributed by atoms with Crippen LogP contribution in [0.2, 0.25) is 0 Å². The van der Waals surface area contributed by atoms with Crippen LogP contribution in [0.1, 0.15) is 38.5 Å². The van der Waals surface area contributed by atoms with Crippen LogP contribution >= 0.6 is 0 Å². The van der Waals surface area contributed by atoms with E-state index >= 15 is 0 Å². The third kappa shape index (κ3) is 2.54. The Balaban J connectivity index is 1.50. The summed E-state index contributed by atoms with van der Waals surface area (Å²) in [4.78, 5) is 12.1. The van der Waals surface area contributed by atoms with Gasteiger partial charge in [0, 0.05) is 31.2 Å². The second-order valence-corrected chi connectivity index (χ2v) is 6.23. The van der Waals surface area contributed by atoms with E-state index in [1.54, 1.807) is 0 Å². The Labute approximate surface area is 109 Å². The normalized spacial score (nSPS) is 36.6. The minimum atomic E-state index is 0.177. The molecule has 2 N–H and O–H groups in total. The Morgan fingerprint density at radius 1 is 1.33 bits per heavy atom. The van der Waals surface area contributed by atoms with Crippen LogP contribution in [0.15, 0.2) is 0 Å². The molecule has 0 radical (unpaired) electrons. The third-order valence-corrected chi connectivity index (χ3v) is 4.91. The molecule has 1 aliphatic carbocycles. The first kappa shape index (κ1) is 12.4. The van der Waals surface area contributed by atoms with Crippen LogP contribution in [0.3, 0.4) is 0 Å². The number of fused-ring (bicyclic) bond motifs is 2.